The van der Waals surface area contributed by atoms with Gasteiger partial charge in [0.15, 0.2) is 0 Å². The quantitative estimate of drug-likeness (QED) is 0.311. The van der Waals surface area contributed by atoms with Gasteiger partial charge in [-0.15, -0.1) is 0 Å². The number of hydrogen-bond acceptors (Lipinski definition) is 3. The van der Waals surface area contributed by atoms with Crippen LogP contribution in [0.5, 0.6) is 0 Å². The molecule has 0 radical (unpaired) electrons. The van der Waals surface area contributed by atoms with Crippen LogP contribution in [0, 0.1) is 0 Å². The van der Waals surface area contributed by atoms with Crippen molar-refractivity contribution in [2.45, 2.75) is 38.9 Å². The molecule has 4 aromatic rings. The average Bonchev–Trinajstić information content (AvgIpc) is 3.22. The van der Waals surface area contributed by atoms with Crippen LogP contribution in [-0.4, -0.2) is 21.0 Å². The largest absolute Gasteiger partial charge is 0.309 e. The van der Waals surface area contributed by atoms with Crippen molar-refractivity contribution in [3.05, 3.63) is 106 Å². The van der Waals surface area contributed by atoms with E-state index >= 15 is 0 Å². The Morgan fingerprint density at radius 1 is 0.906 bits per heavy atom. The first-order chi connectivity index (χ1) is 15.6. The van der Waals surface area contributed by atoms with E-state index in [1.165, 1.54) is 5.56 Å². The Labute approximate surface area is 199 Å². The van der Waals surface area contributed by atoms with Crippen molar-refractivity contribution in [1.29, 1.82) is 0 Å². The summed E-state index contributed by atoms with van der Waals surface area (Å²) < 4.78 is 0. The summed E-state index contributed by atoms with van der Waals surface area (Å²) >= 11 is 12.4. The minimum Gasteiger partial charge on any atom is -0.309 e. The summed E-state index contributed by atoms with van der Waals surface area (Å²) in [4.78, 5) is 1.71. The van der Waals surface area contributed by atoms with Crippen LogP contribution in [0.1, 0.15) is 30.2 Å². The third kappa shape index (κ3) is 5.98. The summed E-state index contributed by atoms with van der Waals surface area (Å²) in [7, 11) is 0. The van der Waals surface area contributed by atoms with E-state index in [1.807, 2.05) is 30.3 Å². The molecular weight excluding hydrogens is 439 g/mol. The highest BCUT2D eigenvalue weighted by Crippen LogP contribution is 2.24. The topological polar surface area (TPSA) is 42.7 Å². The van der Waals surface area contributed by atoms with Crippen molar-refractivity contribution >= 4 is 23.2 Å². The van der Waals surface area contributed by atoms with Gasteiger partial charge in [-0.3, -0.25) is 0 Å². The van der Waals surface area contributed by atoms with Crippen LogP contribution < -0.4 is 5.32 Å². The first-order valence-electron chi connectivity index (χ1n) is 10.8. The molecule has 1 atom stereocenters. The molecule has 32 heavy (non-hydrogen) atoms. The second-order valence-electron chi connectivity index (χ2n) is 7.93. The zero-order valence-electron chi connectivity index (χ0n) is 18.0. The smallest absolute Gasteiger partial charge is 0.117 e. The lowest BCUT2D eigenvalue weighted by Crippen LogP contribution is -2.26. The van der Waals surface area contributed by atoms with Crippen molar-refractivity contribution in [3.63, 3.8) is 0 Å². The van der Waals surface area contributed by atoms with E-state index in [4.69, 9.17) is 33.4 Å². The lowest BCUT2D eigenvalue weighted by atomic mass is 10.1. The molecule has 6 heteroatoms. The van der Waals surface area contributed by atoms with Crippen molar-refractivity contribution in [1.82, 2.24) is 20.3 Å². The fraction of sp³-hybridized carbons (Fsp3) is 0.231. The Balaban J connectivity index is 1.48. The molecule has 0 spiro atoms. The number of halogens is 2. The van der Waals surface area contributed by atoms with Gasteiger partial charge in [-0.2, -0.15) is 15.0 Å². The first kappa shape index (κ1) is 22.5. The Morgan fingerprint density at radius 2 is 1.62 bits per heavy atom. The summed E-state index contributed by atoms with van der Waals surface area (Å²) in [6.45, 7) is 3.34. The predicted octanol–water partition coefficient (Wildman–Crippen LogP) is 6.41. The number of benzene rings is 3. The molecule has 1 N–H and O–H groups in total. The highest BCUT2D eigenvalue weighted by Gasteiger charge is 2.15. The zero-order valence-corrected chi connectivity index (χ0v) is 19.5. The minimum atomic E-state index is 0.356. The maximum absolute atomic E-state index is 6.37. The molecule has 3 aromatic carbocycles. The number of nitrogens with zero attached hydrogens (tertiary/aromatic N) is 3. The zero-order chi connectivity index (χ0) is 22.3. The van der Waals surface area contributed by atoms with Gasteiger partial charge < -0.3 is 5.32 Å². The fourth-order valence-electron chi connectivity index (χ4n) is 3.60. The second kappa shape index (κ2) is 10.8. The van der Waals surface area contributed by atoms with E-state index in [0.29, 0.717) is 29.2 Å². The number of hydrogen-bond donors (Lipinski definition) is 1. The number of nitrogens with one attached hydrogen (secondary N) is 1. The van der Waals surface area contributed by atoms with Crippen molar-refractivity contribution in [3.8, 4) is 11.3 Å². The van der Waals surface area contributed by atoms with Crippen LogP contribution in [-0.2, 0) is 19.5 Å². The molecule has 1 aromatic heterocycles. The highest BCUT2D eigenvalue weighted by atomic mass is 35.5. The highest BCUT2D eigenvalue weighted by molar-refractivity contribution is 6.35. The number of aryl methyl sites for hydroxylation is 1. The fourth-order valence-corrected chi connectivity index (χ4v) is 4.06. The maximum Gasteiger partial charge on any atom is 0.117 e. The molecule has 164 valence electrons. The van der Waals surface area contributed by atoms with Crippen LogP contribution in [0.3, 0.4) is 0 Å². The Bertz CT molecular complexity index is 1140. The van der Waals surface area contributed by atoms with Gasteiger partial charge in [0.25, 0.3) is 0 Å². The van der Waals surface area contributed by atoms with Gasteiger partial charge in [0, 0.05) is 28.2 Å². The van der Waals surface area contributed by atoms with E-state index in [-0.39, 0.29) is 0 Å². The summed E-state index contributed by atoms with van der Waals surface area (Å²) in [6, 6.07) is 26.6. The molecule has 0 bridgehead atoms. The van der Waals surface area contributed by atoms with Crippen molar-refractivity contribution < 1.29 is 0 Å². The number of rotatable bonds is 9. The summed E-state index contributed by atoms with van der Waals surface area (Å²) in [6.07, 6.45) is 2.10. The SMILES string of the molecule is C[C@@H](CCc1ccccc1)NCc1nn(Cc2ccc(Cl)cc2Cl)nc1-c1ccccc1. The lowest BCUT2D eigenvalue weighted by Gasteiger charge is -2.13. The van der Waals surface area contributed by atoms with Crippen LogP contribution >= 0.6 is 23.2 Å². The Kier molecular flexibility index (Phi) is 7.59. The lowest BCUT2D eigenvalue weighted by molar-refractivity contribution is 0.503. The van der Waals surface area contributed by atoms with E-state index in [2.05, 4.69) is 54.7 Å². The average molecular weight is 465 g/mol. The van der Waals surface area contributed by atoms with Gasteiger partial charge >= 0.3 is 0 Å². The molecule has 0 unspecified atom stereocenters. The molecule has 0 saturated heterocycles. The standard InChI is InChI=1S/C26H26Cl2N4/c1-19(12-13-20-8-4-2-5-9-20)29-17-25-26(21-10-6-3-7-11-21)31-32(30-25)18-22-14-15-23(27)16-24(22)28/h2-11,14-16,19,29H,12-13,17-18H2,1H3/t19-/m0/s1. The molecule has 0 aliphatic carbocycles. The third-order valence-electron chi connectivity index (χ3n) is 5.43. The Hall–Kier alpha value is -2.66. The van der Waals surface area contributed by atoms with Crippen LogP contribution in [0.2, 0.25) is 10.0 Å². The van der Waals surface area contributed by atoms with Crippen molar-refractivity contribution in [2.24, 2.45) is 0 Å². The van der Waals surface area contributed by atoms with Gasteiger partial charge in [0.05, 0.1) is 6.54 Å². The van der Waals surface area contributed by atoms with Crippen molar-refractivity contribution in [2.75, 3.05) is 0 Å². The molecule has 0 saturated carbocycles. The summed E-state index contributed by atoms with van der Waals surface area (Å²) in [5.41, 5.74) is 5.15. The molecule has 0 aliphatic heterocycles. The first-order valence-corrected chi connectivity index (χ1v) is 11.5. The monoisotopic (exact) mass is 464 g/mol. The van der Waals surface area contributed by atoms with Gasteiger partial charge in [-0.1, -0.05) is 89.9 Å². The summed E-state index contributed by atoms with van der Waals surface area (Å²) in [5, 5.41) is 14.4. The molecule has 4 rings (SSSR count). The molecular formula is C26H26Cl2N4. The molecule has 0 aliphatic rings. The molecule has 1 heterocycles. The van der Waals surface area contributed by atoms with Gasteiger partial charge in [0.2, 0.25) is 0 Å². The summed E-state index contributed by atoms with van der Waals surface area (Å²) in [5.74, 6) is 0. The van der Waals surface area contributed by atoms with Crippen LogP contribution in [0.25, 0.3) is 11.3 Å². The van der Waals surface area contributed by atoms with Gasteiger partial charge in [0.1, 0.15) is 11.4 Å². The van der Waals surface area contributed by atoms with Gasteiger partial charge in [-0.05, 0) is 43.0 Å². The van der Waals surface area contributed by atoms with Crippen LogP contribution in [0.15, 0.2) is 78.9 Å². The number of aromatic nitrogens is 3. The molecule has 0 fully saturated rings. The normalized spacial score (nSPS) is 12.1. The third-order valence-corrected chi connectivity index (χ3v) is 6.01. The van der Waals surface area contributed by atoms with E-state index in [9.17, 15) is 0 Å². The molecule has 0 amide bonds. The maximum atomic E-state index is 6.37. The van der Waals surface area contributed by atoms with Crippen LogP contribution in [0.4, 0.5) is 0 Å². The van der Waals surface area contributed by atoms with Gasteiger partial charge in [-0.25, -0.2) is 0 Å². The second-order valence-corrected chi connectivity index (χ2v) is 8.78. The van der Waals surface area contributed by atoms with E-state index in [1.54, 1.807) is 10.9 Å². The van der Waals surface area contributed by atoms with E-state index in [0.717, 1.165) is 35.4 Å². The van der Waals surface area contributed by atoms with E-state index < -0.39 is 0 Å². The minimum absolute atomic E-state index is 0.356. The Morgan fingerprint density at radius 3 is 2.34 bits per heavy atom. The molecule has 4 nitrogen and oxygen atoms in total. The predicted molar refractivity (Wildman–Crippen MR) is 132 cm³/mol.